The van der Waals surface area contributed by atoms with E-state index in [4.69, 9.17) is 4.74 Å². The second-order valence-electron chi connectivity index (χ2n) is 6.10. The van der Waals surface area contributed by atoms with Gasteiger partial charge in [-0.3, -0.25) is 4.79 Å². The molecule has 23 heavy (non-hydrogen) atoms. The van der Waals surface area contributed by atoms with E-state index < -0.39 is 0 Å². The summed E-state index contributed by atoms with van der Waals surface area (Å²) in [5, 5.41) is 2.13. The van der Waals surface area contributed by atoms with Crippen molar-refractivity contribution in [2.75, 3.05) is 13.2 Å². The Morgan fingerprint density at radius 3 is 2.87 bits per heavy atom. The minimum atomic E-state index is 0.0759. The molecular weight excluding hydrogens is 306 g/mol. The summed E-state index contributed by atoms with van der Waals surface area (Å²) in [4.78, 5) is 16.0. The summed E-state index contributed by atoms with van der Waals surface area (Å²) in [5.41, 5.74) is 3.74. The quantitative estimate of drug-likeness (QED) is 0.838. The SMILES string of the molecule is CCC1c2ccsc2CCN1C(=O)COc1ccc(C)c(C)c1. The third kappa shape index (κ3) is 3.27. The van der Waals surface area contributed by atoms with Gasteiger partial charge in [0.05, 0.1) is 6.04 Å². The summed E-state index contributed by atoms with van der Waals surface area (Å²) in [7, 11) is 0. The maximum Gasteiger partial charge on any atom is 0.261 e. The van der Waals surface area contributed by atoms with Crippen LogP contribution < -0.4 is 4.74 Å². The number of rotatable bonds is 4. The third-order valence-corrected chi connectivity index (χ3v) is 5.64. The maximum absolute atomic E-state index is 12.6. The van der Waals surface area contributed by atoms with Crippen LogP contribution >= 0.6 is 11.3 Å². The number of carbonyl (C=O) groups excluding carboxylic acids is 1. The number of thiophene rings is 1. The molecule has 1 aromatic carbocycles. The molecule has 122 valence electrons. The molecule has 1 aliphatic heterocycles. The maximum atomic E-state index is 12.6. The van der Waals surface area contributed by atoms with Crippen molar-refractivity contribution < 1.29 is 9.53 Å². The van der Waals surface area contributed by atoms with Gasteiger partial charge in [0, 0.05) is 11.4 Å². The van der Waals surface area contributed by atoms with Gasteiger partial charge in [-0.25, -0.2) is 0 Å². The summed E-state index contributed by atoms with van der Waals surface area (Å²) in [6.07, 6.45) is 1.90. The topological polar surface area (TPSA) is 29.5 Å². The minimum absolute atomic E-state index is 0.0759. The Hall–Kier alpha value is -1.81. The smallest absolute Gasteiger partial charge is 0.261 e. The second-order valence-corrected chi connectivity index (χ2v) is 7.10. The number of hydrogen-bond donors (Lipinski definition) is 0. The molecule has 1 atom stereocenters. The molecule has 0 radical (unpaired) electrons. The van der Waals surface area contributed by atoms with Crippen LogP contribution in [0.25, 0.3) is 0 Å². The highest BCUT2D eigenvalue weighted by atomic mass is 32.1. The van der Waals surface area contributed by atoms with Gasteiger partial charge in [0.1, 0.15) is 5.75 Å². The molecule has 1 amide bonds. The Morgan fingerprint density at radius 1 is 1.30 bits per heavy atom. The molecule has 0 saturated carbocycles. The van der Waals surface area contributed by atoms with Gasteiger partial charge in [-0.1, -0.05) is 13.0 Å². The molecule has 0 spiro atoms. The van der Waals surface area contributed by atoms with Crippen molar-refractivity contribution in [1.82, 2.24) is 4.90 Å². The average molecular weight is 329 g/mol. The van der Waals surface area contributed by atoms with E-state index in [9.17, 15) is 4.79 Å². The zero-order valence-electron chi connectivity index (χ0n) is 14.0. The van der Waals surface area contributed by atoms with Crippen LogP contribution in [0.5, 0.6) is 5.75 Å². The minimum Gasteiger partial charge on any atom is -0.484 e. The van der Waals surface area contributed by atoms with Gasteiger partial charge in [-0.05, 0) is 67.0 Å². The van der Waals surface area contributed by atoms with Crippen molar-refractivity contribution in [1.29, 1.82) is 0 Å². The summed E-state index contributed by atoms with van der Waals surface area (Å²) >= 11 is 1.80. The molecule has 0 N–H and O–H groups in total. The number of amides is 1. The van der Waals surface area contributed by atoms with E-state index in [1.165, 1.54) is 21.6 Å². The second kappa shape index (κ2) is 6.75. The van der Waals surface area contributed by atoms with Crippen LogP contribution in [0.1, 0.15) is 41.0 Å². The predicted molar refractivity (Wildman–Crippen MR) is 94.2 cm³/mol. The van der Waals surface area contributed by atoms with E-state index >= 15 is 0 Å². The van der Waals surface area contributed by atoms with Crippen LogP contribution in [0.3, 0.4) is 0 Å². The van der Waals surface area contributed by atoms with Crippen LogP contribution in [0.2, 0.25) is 0 Å². The highest BCUT2D eigenvalue weighted by Gasteiger charge is 2.30. The Balaban J connectivity index is 1.67. The van der Waals surface area contributed by atoms with E-state index in [1.54, 1.807) is 11.3 Å². The molecule has 1 aromatic heterocycles. The largest absolute Gasteiger partial charge is 0.484 e. The molecule has 3 rings (SSSR count). The molecule has 1 aliphatic rings. The Morgan fingerprint density at radius 2 is 2.13 bits per heavy atom. The van der Waals surface area contributed by atoms with Crippen molar-refractivity contribution in [3.63, 3.8) is 0 Å². The van der Waals surface area contributed by atoms with Gasteiger partial charge in [-0.2, -0.15) is 0 Å². The predicted octanol–water partition coefficient (Wildman–Crippen LogP) is 4.28. The molecule has 0 saturated heterocycles. The van der Waals surface area contributed by atoms with Crippen LogP contribution in [0, 0.1) is 13.8 Å². The number of hydrogen-bond acceptors (Lipinski definition) is 3. The fourth-order valence-electron chi connectivity index (χ4n) is 3.17. The van der Waals surface area contributed by atoms with Gasteiger partial charge < -0.3 is 9.64 Å². The number of aryl methyl sites for hydroxylation is 2. The lowest BCUT2D eigenvalue weighted by molar-refractivity contribution is -0.136. The molecule has 0 bridgehead atoms. The van der Waals surface area contributed by atoms with Crippen LogP contribution in [-0.2, 0) is 11.2 Å². The summed E-state index contributed by atoms with van der Waals surface area (Å²) in [6, 6.07) is 8.31. The van der Waals surface area contributed by atoms with Gasteiger partial charge in [0.25, 0.3) is 5.91 Å². The number of ether oxygens (including phenoxy) is 1. The van der Waals surface area contributed by atoms with Gasteiger partial charge in [0.15, 0.2) is 6.61 Å². The molecule has 0 aliphatic carbocycles. The first kappa shape index (κ1) is 16.1. The van der Waals surface area contributed by atoms with Crippen molar-refractivity contribution >= 4 is 17.2 Å². The Bertz CT molecular complexity index is 707. The van der Waals surface area contributed by atoms with E-state index in [1.807, 2.05) is 23.1 Å². The Kier molecular flexibility index (Phi) is 4.71. The van der Waals surface area contributed by atoms with Crippen LogP contribution in [-0.4, -0.2) is 24.0 Å². The van der Waals surface area contributed by atoms with E-state index in [2.05, 4.69) is 32.2 Å². The highest BCUT2D eigenvalue weighted by molar-refractivity contribution is 7.10. The van der Waals surface area contributed by atoms with E-state index in [-0.39, 0.29) is 18.6 Å². The van der Waals surface area contributed by atoms with Gasteiger partial charge >= 0.3 is 0 Å². The van der Waals surface area contributed by atoms with Crippen molar-refractivity contribution in [2.45, 2.75) is 39.7 Å². The third-order valence-electron chi connectivity index (χ3n) is 4.64. The average Bonchev–Trinajstić information content (AvgIpc) is 3.03. The summed E-state index contributed by atoms with van der Waals surface area (Å²) in [6.45, 7) is 7.17. The fourth-order valence-corrected chi connectivity index (χ4v) is 4.10. The lowest BCUT2D eigenvalue weighted by atomic mass is 9.98. The van der Waals surface area contributed by atoms with Crippen LogP contribution in [0.15, 0.2) is 29.6 Å². The zero-order chi connectivity index (χ0) is 16.4. The van der Waals surface area contributed by atoms with Crippen LogP contribution in [0.4, 0.5) is 0 Å². The zero-order valence-corrected chi connectivity index (χ0v) is 14.8. The molecule has 0 fully saturated rings. The normalized spacial score (nSPS) is 17.0. The lowest BCUT2D eigenvalue weighted by Gasteiger charge is -2.35. The van der Waals surface area contributed by atoms with Crippen molar-refractivity contribution in [3.8, 4) is 5.75 Å². The molecule has 2 aromatic rings. The molecule has 4 heteroatoms. The van der Waals surface area contributed by atoms with Gasteiger partial charge in [0.2, 0.25) is 0 Å². The molecule has 2 heterocycles. The number of nitrogens with zero attached hydrogens (tertiary/aromatic N) is 1. The molecule has 3 nitrogen and oxygen atoms in total. The summed E-state index contributed by atoms with van der Waals surface area (Å²) < 4.78 is 5.73. The summed E-state index contributed by atoms with van der Waals surface area (Å²) in [5.74, 6) is 0.842. The van der Waals surface area contributed by atoms with E-state index in [0.717, 1.165) is 25.1 Å². The monoisotopic (exact) mass is 329 g/mol. The Labute approximate surface area is 141 Å². The molecule has 1 unspecified atom stereocenters. The van der Waals surface area contributed by atoms with Crippen molar-refractivity contribution in [3.05, 3.63) is 51.2 Å². The van der Waals surface area contributed by atoms with Crippen molar-refractivity contribution in [2.24, 2.45) is 0 Å². The lowest BCUT2D eigenvalue weighted by Crippen LogP contribution is -2.41. The standard InChI is InChI=1S/C19H23NO2S/c1-4-17-16-8-10-23-18(16)7-9-20(17)19(21)12-22-15-6-5-13(2)14(3)11-15/h5-6,8,10-11,17H,4,7,9,12H2,1-3H3. The number of carbonyl (C=O) groups is 1. The first-order valence-electron chi connectivity index (χ1n) is 8.16. The number of benzene rings is 1. The number of fused-ring (bicyclic) bond motifs is 1. The van der Waals surface area contributed by atoms with Gasteiger partial charge in [-0.15, -0.1) is 11.3 Å². The van der Waals surface area contributed by atoms with E-state index in [0.29, 0.717) is 0 Å². The first-order valence-corrected chi connectivity index (χ1v) is 9.04. The highest BCUT2D eigenvalue weighted by Crippen LogP contribution is 2.35. The first-order chi connectivity index (χ1) is 11.1. The molecular formula is C19H23NO2S. The fraction of sp³-hybridized carbons (Fsp3) is 0.421.